The molecule has 0 aliphatic heterocycles. The summed E-state index contributed by atoms with van der Waals surface area (Å²) in [6.07, 6.45) is 3.50. The third kappa shape index (κ3) is 11.6. The highest BCUT2D eigenvalue weighted by Crippen LogP contribution is 2.30. The molecule has 0 radical (unpaired) electrons. The van der Waals surface area contributed by atoms with Crippen molar-refractivity contribution >= 4 is 29.1 Å². The molecule has 6 aromatic rings. The second-order valence-electron chi connectivity index (χ2n) is 11.4. The first-order valence-corrected chi connectivity index (χ1v) is 17.4. The minimum Gasteiger partial charge on any atom is -0.496 e. The Hall–Kier alpha value is -6.73. The number of ether oxygens (including phenoxy) is 4. The van der Waals surface area contributed by atoms with Crippen LogP contribution in [0.1, 0.15) is 45.8 Å². The number of carbonyl (C=O) groups is 2. The molecule has 0 fully saturated rings. The lowest BCUT2D eigenvalue weighted by molar-refractivity contribution is 0.0988. The van der Waals surface area contributed by atoms with E-state index in [2.05, 4.69) is 19.9 Å². The molecule has 14 heteroatoms. The monoisotopic (exact) mass is 763 g/mol. The largest absolute Gasteiger partial charge is 0.496 e. The van der Waals surface area contributed by atoms with E-state index in [1.165, 1.54) is 18.7 Å². The van der Waals surface area contributed by atoms with E-state index >= 15 is 0 Å². The van der Waals surface area contributed by atoms with Crippen LogP contribution in [0.5, 0.6) is 23.0 Å². The zero-order chi connectivity index (χ0) is 39.7. The molecule has 0 aliphatic rings. The zero-order valence-electron chi connectivity index (χ0n) is 30.9. The minimum absolute atomic E-state index is 0.321. The van der Waals surface area contributed by atoms with Crippen LogP contribution >= 0.6 is 11.6 Å². The summed E-state index contributed by atoms with van der Waals surface area (Å²) in [4.78, 5) is 39.3. The van der Waals surface area contributed by atoms with Gasteiger partial charge in [-0.05, 0) is 80.1 Å². The van der Waals surface area contributed by atoms with E-state index < -0.39 is 11.8 Å². The van der Waals surface area contributed by atoms with Gasteiger partial charge in [0.25, 0.3) is 11.8 Å². The summed E-state index contributed by atoms with van der Waals surface area (Å²) in [6.45, 7) is 4.65. The molecular weight excluding hydrogens is 722 g/mol. The Balaban J connectivity index is 0.000000202. The third-order valence-corrected chi connectivity index (χ3v) is 7.89. The van der Waals surface area contributed by atoms with Crippen LogP contribution < -0.4 is 36.1 Å². The summed E-state index contributed by atoms with van der Waals surface area (Å²) >= 11 is 5.80. The van der Waals surface area contributed by atoms with Gasteiger partial charge in [0.1, 0.15) is 40.8 Å². The van der Waals surface area contributed by atoms with E-state index in [4.69, 9.17) is 47.7 Å². The van der Waals surface area contributed by atoms with Gasteiger partial charge in [-0.25, -0.2) is 19.9 Å². The molecule has 0 saturated carbocycles. The van der Waals surface area contributed by atoms with Crippen LogP contribution in [0.4, 0.5) is 5.69 Å². The number of para-hydroxylation sites is 2. The highest BCUT2D eigenvalue weighted by atomic mass is 35.5. The number of primary amides is 2. The molecule has 284 valence electrons. The zero-order valence-corrected chi connectivity index (χ0v) is 31.6. The summed E-state index contributed by atoms with van der Waals surface area (Å²) < 4.78 is 21.3. The van der Waals surface area contributed by atoms with E-state index in [0.717, 1.165) is 45.3 Å². The molecule has 0 saturated heterocycles. The molecule has 13 nitrogen and oxygen atoms in total. The third-order valence-electron chi connectivity index (χ3n) is 7.69. The van der Waals surface area contributed by atoms with Crippen molar-refractivity contribution in [2.24, 2.45) is 11.5 Å². The van der Waals surface area contributed by atoms with Gasteiger partial charge in [-0.3, -0.25) is 9.59 Å². The van der Waals surface area contributed by atoms with Crippen molar-refractivity contribution in [1.82, 2.24) is 19.9 Å². The molecule has 2 aromatic heterocycles. The molecule has 0 atom stereocenters. The predicted molar refractivity (Wildman–Crippen MR) is 213 cm³/mol. The van der Waals surface area contributed by atoms with Gasteiger partial charge in [-0.1, -0.05) is 41.9 Å². The quantitative estimate of drug-likeness (QED) is 0.0873. The normalized spacial score (nSPS) is 10.1. The number of carbonyl (C=O) groups excluding carboxylic acids is 2. The van der Waals surface area contributed by atoms with Crippen LogP contribution in [-0.4, -0.2) is 59.2 Å². The van der Waals surface area contributed by atoms with Gasteiger partial charge in [-0.2, -0.15) is 0 Å². The Labute approximate surface area is 324 Å². The number of anilines is 1. The average molecular weight is 764 g/mol. The molecule has 4 aromatic carbocycles. The number of halogens is 1. The van der Waals surface area contributed by atoms with Crippen LogP contribution in [0.2, 0.25) is 5.15 Å². The van der Waals surface area contributed by atoms with Crippen LogP contribution in [0.15, 0.2) is 110 Å². The lowest BCUT2D eigenvalue weighted by Crippen LogP contribution is -2.13. The van der Waals surface area contributed by atoms with Crippen molar-refractivity contribution in [2.45, 2.75) is 20.3 Å². The van der Waals surface area contributed by atoms with Gasteiger partial charge in [0.15, 0.2) is 0 Å². The Morgan fingerprint density at radius 3 is 1.65 bits per heavy atom. The average Bonchev–Trinajstić information content (AvgIpc) is 3.19. The molecular formula is C41H42ClN7O6. The van der Waals surface area contributed by atoms with Crippen LogP contribution in [-0.2, 0) is 6.42 Å². The lowest BCUT2D eigenvalue weighted by atomic mass is 10.0. The lowest BCUT2D eigenvalue weighted by Gasteiger charge is -2.11. The molecule has 6 rings (SSSR count). The number of benzene rings is 4. The Kier molecular flexibility index (Phi) is 15.3. The smallest absolute Gasteiger partial charge is 0.252 e. The van der Waals surface area contributed by atoms with Crippen molar-refractivity contribution in [3.63, 3.8) is 0 Å². The van der Waals surface area contributed by atoms with Crippen LogP contribution in [0.3, 0.4) is 0 Å². The fraction of sp³-hybridized carbons (Fsp3) is 0.171. The molecule has 0 bridgehead atoms. The van der Waals surface area contributed by atoms with Gasteiger partial charge in [-0.15, -0.1) is 0 Å². The summed E-state index contributed by atoms with van der Waals surface area (Å²) in [5, 5.41) is 0.422. The van der Waals surface area contributed by atoms with Crippen molar-refractivity contribution in [1.29, 1.82) is 0 Å². The first-order valence-electron chi connectivity index (χ1n) is 17.0. The summed E-state index contributed by atoms with van der Waals surface area (Å²) in [5.41, 5.74) is 22.4. The Bertz CT molecular complexity index is 2220. The first kappa shape index (κ1) is 41.0. The topological polar surface area (TPSA) is 201 Å². The maximum atomic E-state index is 11.7. The number of nitrogens with zero attached hydrogens (tertiary/aromatic N) is 4. The standard InChI is InChI=1S/C21H21N3O3.C11H9ClN2O.C9H12N2O2/c1-3-27-20-9-8-14(11-17(20)21(22)25)10-15-12-18(24-13-23-15)16-6-4-5-7-19(16)26-2;1-15-10-5-3-2-4-8(10)9-6-11(12)14-7-13-9;1-2-13-8-4-3-6(10)5-7(8)9(11)12/h4-9,11-13H,3,10H2,1-2H3,(H2,22,25);2-7H,1H3;3-5H,2,10H2,1H3,(H2,11,12). The number of nitrogen functional groups attached to an aromatic ring is 1. The number of hydrogen-bond donors (Lipinski definition) is 3. The molecule has 0 unspecified atom stereocenters. The number of rotatable bonds is 12. The maximum absolute atomic E-state index is 11.7. The molecule has 2 amide bonds. The number of nitrogens with two attached hydrogens (primary N) is 3. The molecule has 0 spiro atoms. The summed E-state index contributed by atoms with van der Waals surface area (Å²) in [5.74, 6) is 1.44. The SMILES string of the molecule is CCOc1ccc(Cc2cc(-c3ccccc3OC)ncn2)cc1C(N)=O.CCOc1ccc(N)cc1C(N)=O.COc1ccccc1-c1cc(Cl)ncn1. The van der Waals surface area contributed by atoms with E-state index in [-0.39, 0.29) is 0 Å². The number of hydrogen-bond acceptors (Lipinski definition) is 11. The van der Waals surface area contributed by atoms with Crippen molar-refractivity contribution in [2.75, 3.05) is 33.2 Å². The van der Waals surface area contributed by atoms with E-state index in [0.29, 0.717) is 53.1 Å². The van der Waals surface area contributed by atoms with Gasteiger partial charge < -0.3 is 36.1 Å². The van der Waals surface area contributed by atoms with Gasteiger partial charge in [0, 0.05) is 35.0 Å². The fourth-order valence-corrected chi connectivity index (χ4v) is 5.37. The van der Waals surface area contributed by atoms with E-state index in [1.54, 1.807) is 44.6 Å². The number of aromatic nitrogens is 4. The molecule has 6 N–H and O–H groups in total. The highest BCUT2D eigenvalue weighted by Gasteiger charge is 2.13. The van der Waals surface area contributed by atoms with Crippen molar-refractivity contribution in [3.05, 3.63) is 137 Å². The molecule has 2 heterocycles. The van der Waals surface area contributed by atoms with Gasteiger partial charge >= 0.3 is 0 Å². The molecule has 0 aliphatic carbocycles. The number of methoxy groups -OCH3 is 2. The molecule has 55 heavy (non-hydrogen) atoms. The van der Waals surface area contributed by atoms with Crippen LogP contribution in [0, 0.1) is 0 Å². The Morgan fingerprint density at radius 1 is 0.618 bits per heavy atom. The van der Waals surface area contributed by atoms with Crippen molar-refractivity contribution < 1.29 is 28.5 Å². The van der Waals surface area contributed by atoms with Crippen LogP contribution in [0.25, 0.3) is 22.5 Å². The van der Waals surface area contributed by atoms with E-state index in [9.17, 15) is 9.59 Å². The second-order valence-corrected chi connectivity index (χ2v) is 11.8. The predicted octanol–water partition coefficient (Wildman–Crippen LogP) is 6.81. The summed E-state index contributed by atoms with van der Waals surface area (Å²) in [6, 6.07) is 29.2. The number of amides is 2. The Morgan fingerprint density at radius 2 is 1.13 bits per heavy atom. The maximum Gasteiger partial charge on any atom is 0.252 e. The van der Waals surface area contributed by atoms with Gasteiger partial charge in [0.05, 0.1) is 49.9 Å². The fourth-order valence-electron chi connectivity index (χ4n) is 5.23. The minimum atomic E-state index is -0.532. The summed E-state index contributed by atoms with van der Waals surface area (Å²) in [7, 11) is 3.26. The van der Waals surface area contributed by atoms with Gasteiger partial charge in [0.2, 0.25) is 0 Å². The second kappa shape index (κ2) is 20.5. The van der Waals surface area contributed by atoms with Crippen molar-refractivity contribution in [3.8, 4) is 45.5 Å². The first-order chi connectivity index (χ1) is 26.6. The highest BCUT2D eigenvalue weighted by molar-refractivity contribution is 6.29. The van der Waals surface area contributed by atoms with E-state index in [1.807, 2.05) is 74.5 Å².